The molecule has 1 rings (SSSR count). The van der Waals surface area contributed by atoms with Gasteiger partial charge in [0.05, 0.1) is 5.69 Å². The maximum absolute atomic E-state index is 4.30. The van der Waals surface area contributed by atoms with Gasteiger partial charge in [0.15, 0.2) is 0 Å². The molecule has 1 heterocycles. The van der Waals surface area contributed by atoms with Crippen LogP contribution in [0.5, 0.6) is 0 Å². The van der Waals surface area contributed by atoms with Crippen LogP contribution in [0, 0.1) is 0 Å². The number of aryl methyl sites for hydroxylation is 1. The summed E-state index contributed by atoms with van der Waals surface area (Å²) < 4.78 is 4.30. The van der Waals surface area contributed by atoms with Gasteiger partial charge >= 0.3 is 0 Å². The van der Waals surface area contributed by atoms with Gasteiger partial charge in [-0.25, -0.2) is 0 Å². The molecule has 0 aliphatic heterocycles. The summed E-state index contributed by atoms with van der Waals surface area (Å²) in [5.74, 6) is 1.13. The molecule has 0 N–H and O–H groups in total. The largest absolute Gasteiger partial charge is 0.193 e. The topological polar surface area (TPSA) is 12.9 Å². The molecule has 0 aliphatic rings. The third-order valence-electron chi connectivity index (χ3n) is 1.43. The highest BCUT2D eigenvalue weighted by Crippen LogP contribution is 2.13. The number of hydrogen-bond acceptors (Lipinski definition) is 3. The number of nitrogens with zero attached hydrogens (tertiary/aromatic N) is 1. The SMILES string of the molecule is CCSC=Cc1cc(CC)sn1. The summed E-state index contributed by atoms with van der Waals surface area (Å²) in [4.78, 5) is 1.36. The summed E-state index contributed by atoms with van der Waals surface area (Å²) in [6.45, 7) is 4.30. The summed E-state index contributed by atoms with van der Waals surface area (Å²) in [5, 5.41) is 2.11. The normalized spacial score (nSPS) is 11.2. The van der Waals surface area contributed by atoms with Crippen LogP contribution in [0.1, 0.15) is 24.4 Å². The molecule has 1 nitrogen and oxygen atoms in total. The first kappa shape index (κ1) is 9.81. The van der Waals surface area contributed by atoms with Crippen molar-refractivity contribution >= 4 is 29.4 Å². The van der Waals surface area contributed by atoms with E-state index in [0.717, 1.165) is 17.9 Å². The second-order valence-corrected chi connectivity index (χ2v) is 4.40. The average molecular weight is 199 g/mol. The standard InChI is InChI=1S/C9H13NS2/c1-3-9-7-8(10-12-9)5-6-11-4-2/h5-7H,3-4H2,1-2H3. The lowest BCUT2D eigenvalue weighted by molar-refractivity contribution is 1.19. The van der Waals surface area contributed by atoms with Crippen molar-refractivity contribution in [3.05, 3.63) is 22.0 Å². The van der Waals surface area contributed by atoms with E-state index in [2.05, 4.69) is 35.8 Å². The molecule has 0 radical (unpaired) electrons. The molecular weight excluding hydrogens is 186 g/mol. The van der Waals surface area contributed by atoms with Gasteiger partial charge in [0.25, 0.3) is 0 Å². The summed E-state index contributed by atoms with van der Waals surface area (Å²) in [7, 11) is 0. The fourth-order valence-corrected chi connectivity index (χ4v) is 1.86. The maximum Gasteiger partial charge on any atom is 0.0776 e. The Morgan fingerprint density at radius 2 is 2.42 bits per heavy atom. The van der Waals surface area contributed by atoms with Gasteiger partial charge in [0.2, 0.25) is 0 Å². The Morgan fingerprint density at radius 1 is 1.58 bits per heavy atom. The van der Waals surface area contributed by atoms with Gasteiger partial charge in [0, 0.05) is 4.88 Å². The zero-order valence-corrected chi connectivity index (χ0v) is 9.04. The van der Waals surface area contributed by atoms with Crippen molar-refractivity contribution in [1.29, 1.82) is 0 Å². The Hall–Kier alpha value is -0.280. The fraction of sp³-hybridized carbons (Fsp3) is 0.444. The highest BCUT2D eigenvalue weighted by Gasteiger charge is 1.94. The van der Waals surface area contributed by atoms with Gasteiger partial charge in [-0.3, -0.25) is 0 Å². The van der Waals surface area contributed by atoms with Crippen LogP contribution in [-0.4, -0.2) is 10.1 Å². The van der Waals surface area contributed by atoms with Gasteiger partial charge < -0.3 is 0 Å². The zero-order chi connectivity index (χ0) is 8.81. The molecule has 0 unspecified atom stereocenters. The minimum absolute atomic E-state index is 1.09. The molecule has 0 aromatic carbocycles. The van der Waals surface area contributed by atoms with E-state index in [1.54, 1.807) is 23.3 Å². The predicted molar refractivity (Wildman–Crippen MR) is 58.7 cm³/mol. The van der Waals surface area contributed by atoms with Gasteiger partial charge in [-0.1, -0.05) is 13.8 Å². The van der Waals surface area contributed by atoms with Crippen molar-refractivity contribution in [2.45, 2.75) is 20.3 Å². The van der Waals surface area contributed by atoms with Crippen molar-refractivity contribution in [2.24, 2.45) is 0 Å². The lowest BCUT2D eigenvalue weighted by atomic mass is 10.3. The highest BCUT2D eigenvalue weighted by atomic mass is 32.2. The zero-order valence-electron chi connectivity index (χ0n) is 7.41. The van der Waals surface area contributed by atoms with E-state index < -0.39 is 0 Å². The van der Waals surface area contributed by atoms with E-state index in [-0.39, 0.29) is 0 Å². The Kier molecular flexibility index (Phi) is 4.40. The van der Waals surface area contributed by atoms with E-state index in [1.165, 1.54) is 4.88 Å². The molecule has 0 spiro atoms. The van der Waals surface area contributed by atoms with E-state index in [1.807, 2.05) is 0 Å². The lowest BCUT2D eigenvalue weighted by Crippen LogP contribution is -1.68. The molecule has 66 valence electrons. The smallest absolute Gasteiger partial charge is 0.0776 e. The van der Waals surface area contributed by atoms with Gasteiger partial charge in [-0.15, -0.1) is 11.8 Å². The van der Waals surface area contributed by atoms with Crippen molar-refractivity contribution in [3.8, 4) is 0 Å². The summed E-state index contributed by atoms with van der Waals surface area (Å²) >= 11 is 3.40. The molecule has 0 aliphatic carbocycles. The molecule has 1 aromatic heterocycles. The van der Waals surface area contributed by atoms with Gasteiger partial charge in [0.1, 0.15) is 0 Å². The molecule has 1 aromatic rings. The quantitative estimate of drug-likeness (QED) is 0.737. The van der Waals surface area contributed by atoms with Crippen molar-refractivity contribution in [3.63, 3.8) is 0 Å². The predicted octanol–water partition coefficient (Wildman–Crippen LogP) is 3.43. The third-order valence-corrected chi connectivity index (χ3v) is 3.03. The van der Waals surface area contributed by atoms with E-state index in [0.29, 0.717) is 0 Å². The Labute approximate surface area is 82.1 Å². The first-order valence-electron chi connectivity index (χ1n) is 4.10. The number of aromatic nitrogens is 1. The number of rotatable bonds is 4. The first-order valence-corrected chi connectivity index (χ1v) is 5.92. The Balaban J connectivity index is 2.51. The number of thioether (sulfide) groups is 1. The molecule has 0 amide bonds. The second kappa shape index (κ2) is 5.38. The molecule has 3 heteroatoms. The van der Waals surface area contributed by atoms with Crippen molar-refractivity contribution in [1.82, 2.24) is 4.37 Å². The number of hydrogen-bond donors (Lipinski definition) is 0. The fourth-order valence-electron chi connectivity index (χ4n) is 0.788. The van der Waals surface area contributed by atoms with E-state index in [4.69, 9.17) is 0 Å². The van der Waals surface area contributed by atoms with Crippen LogP contribution in [0.3, 0.4) is 0 Å². The first-order chi connectivity index (χ1) is 5.86. The van der Waals surface area contributed by atoms with Crippen LogP contribution in [-0.2, 0) is 6.42 Å². The van der Waals surface area contributed by atoms with Crippen LogP contribution in [0.25, 0.3) is 6.08 Å². The lowest BCUT2D eigenvalue weighted by Gasteiger charge is -1.83. The van der Waals surface area contributed by atoms with Crippen LogP contribution < -0.4 is 0 Å². The summed E-state index contributed by atoms with van der Waals surface area (Å²) in [6.07, 6.45) is 3.16. The Bertz CT molecular complexity index is 253. The minimum atomic E-state index is 1.09. The Morgan fingerprint density at radius 3 is 3.00 bits per heavy atom. The molecule has 0 saturated carbocycles. The van der Waals surface area contributed by atoms with Crippen LogP contribution in [0.2, 0.25) is 0 Å². The van der Waals surface area contributed by atoms with Gasteiger partial charge in [-0.05, 0) is 41.3 Å². The average Bonchev–Trinajstić information content (AvgIpc) is 2.53. The minimum Gasteiger partial charge on any atom is -0.193 e. The maximum atomic E-state index is 4.30. The van der Waals surface area contributed by atoms with Crippen molar-refractivity contribution < 1.29 is 0 Å². The molecule has 0 atom stereocenters. The molecule has 12 heavy (non-hydrogen) atoms. The third kappa shape index (κ3) is 2.99. The summed E-state index contributed by atoms with van der Waals surface area (Å²) in [5.41, 5.74) is 1.10. The molecule has 0 saturated heterocycles. The van der Waals surface area contributed by atoms with Gasteiger partial charge in [-0.2, -0.15) is 4.37 Å². The van der Waals surface area contributed by atoms with Crippen LogP contribution in [0.15, 0.2) is 11.5 Å². The van der Waals surface area contributed by atoms with Crippen LogP contribution in [0.4, 0.5) is 0 Å². The van der Waals surface area contributed by atoms with Crippen LogP contribution >= 0.6 is 23.3 Å². The summed E-state index contributed by atoms with van der Waals surface area (Å²) in [6, 6.07) is 2.15. The monoisotopic (exact) mass is 199 g/mol. The molecule has 0 bridgehead atoms. The van der Waals surface area contributed by atoms with Crippen molar-refractivity contribution in [2.75, 3.05) is 5.75 Å². The molecular formula is C9H13NS2. The highest BCUT2D eigenvalue weighted by molar-refractivity contribution is 8.02. The molecule has 0 fully saturated rings. The second-order valence-electron chi connectivity index (χ2n) is 2.33. The van der Waals surface area contributed by atoms with E-state index >= 15 is 0 Å². The van der Waals surface area contributed by atoms with E-state index in [9.17, 15) is 0 Å².